The van der Waals surface area contributed by atoms with Crippen LogP contribution in [0, 0.1) is 0 Å². The van der Waals surface area contributed by atoms with E-state index < -0.39 is 0 Å². The third kappa shape index (κ3) is 2.37. The molecular weight excluding hydrogens is 284 g/mol. The first-order chi connectivity index (χ1) is 10.2. The van der Waals surface area contributed by atoms with Crippen molar-refractivity contribution in [2.45, 2.75) is 45.6 Å². The minimum atomic E-state index is 0.0730. The average molecular weight is 304 g/mol. The normalized spacial score (nSPS) is 15.0. The van der Waals surface area contributed by atoms with Crippen molar-refractivity contribution in [3.63, 3.8) is 0 Å². The van der Waals surface area contributed by atoms with Crippen LogP contribution in [0.4, 0.5) is 5.13 Å². The highest BCUT2D eigenvalue weighted by Crippen LogP contribution is 2.30. The number of fused-ring (bicyclic) bond motifs is 1. The SMILES string of the molecule is CCC(C)n1c2c(cc(-c3nnc(NC)s3)c1=O)CCC2. The number of aromatic nitrogens is 3. The minimum absolute atomic E-state index is 0.0730. The maximum absolute atomic E-state index is 12.9. The van der Waals surface area contributed by atoms with E-state index in [1.54, 1.807) is 0 Å². The number of anilines is 1. The molecule has 0 saturated heterocycles. The van der Waals surface area contributed by atoms with E-state index in [9.17, 15) is 4.79 Å². The Hall–Kier alpha value is -1.69. The van der Waals surface area contributed by atoms with Crippen molar-refractivity contribution in [1.29, 1.82) is 0 Å². The summed E-state index contributed by atoms with van der Waals surface area (Å²) in [6.07, 6.45) is 4.14. The Morgan fingerprint density at radius 2 is 2.24 bits per heavy atom. The van der Waals surface area contributed by atoms with Crippen molar-refractivity contribution in [2.75, 3.05) is 12.4 Å². The lowest BCUT2D eigenvalue weighted by molar-refractivity contribution is 0.497. The van der Waals surface area contributed by atoms with E-state index in [4.69, 9.17) is 0 Å². The van der Waals surface area contributed by atoms with Gasteiger partial charge in [-0.05, 0) is 44.2 Å². The van der Waals surface area contributed by atoms with Crippen LogP contribution in [0.1, 0.15) is 44.0 Å². The van der Waals surface area contributed by atoms with Crippen LogP contribution in [0.15, 0.2) is 10.9 Å². The van der Waals surface area contributed by atoms with Crippen molar-refractivity contribution in [2.24, 2.45) is 0 Å². The molecule has 5 nitrogen and oxygen atoms in total. The summed E-state index contributed by atoms with van der Waals surface area (Å²) >= 11 is 1.43. The molecule has 1 aliphatic rings. The largest absolute Gasteiger partial charge is 0.363 e. The van der Waals surface area contributed by atoms with Gasteiger partial charge in [0.1, 0.15) is 0 Å². The maximum atomic E-state index is 12.9. The molecule has 2 heterocycles. The quantitative estimate of drug-likeness (QED) is 0.943. The molecule has 21 heavy (non-hydrogen) atoms. The van der Waals surface area contributed by atoms with Crippen LogP contribution in [0.2, 0.25) is 0 Å². The van der Waals surface area contributed by atoms with Crippen molar-refractivity contribution in [3.05, 3.63) is 27.7 Å². The summed E-state index contributed by atoms with van der Waals surface area (Å²) in [6.45, 7) is 4.23. The van der Waals surface area contributed by atoms with Crippen LogP contribution in [0.3, 0.4) is 0 Å². The second-order valence-corrected chi connectivity index (χ2v) is 6.46. The van der Waals surface area contributed by atoms with Crippen LogP contribution >= 0.6 is 11.3 Å². The van der Waals surface area contributed by atoms with E-state index in [2.05, 4.69) is 29.4 Å². The topological polar surface area (TPSA) is 59.8 Å². The zero-order valence-electron chi connectivity index (χ0n) is 12.6. The van der Waals surface area contributed by atoms with E-state index in [1.807, 2.05) is 17.7 Å². The van der Waals surface area contributed by atoms with Crippen LogP contribution in [-0.4, -0.2) is 21.8 Å². The van der Waals surface area contributed by atoms with Gasteiger partial charge >= 0.3 is 0 Å². The van der Waals surface area contributed by atoms with Crippen LogP contribution in [0.5, 0.6) is 0 Å². The highest BCUT2D eigenvalue weighted by Gasteiger charge is 2.23. The standard InChI is InChI=1S/C15H20N4OS/c1-4-9(2)19-12-7-5-6-10(12)8-11(14(19)20)13-17-18-15(16-3)21-13/h8-9H,4-7H2,1-3H3,(H,16,18). The van der Waals surface area contributed by atoms with Crippen LogP contribution in [0.25, 0.3) is 10.6 Å². The number of pyridine rings is 1. The summed E-state index contributed by atoms with van der Waals surface area (Å²) in [5.74, 6) is 0. The Balaban J connectivity index is 2.20. The van der Waals surface area contributed by atoms with Gasteiger partial charge in [-0.3, -0.25) is 4.79 Å². The Labute approximate surface area is 128 Å². The lowest BCUT2D eigenvalue weighted by Crippen LogP contribution is -2.27. The molecule has 3 rings (SSSR count). The van der Waals surface area contributed by atoms with Crippen LogP contribution < -0.4 is 10.9 Å². The van der Waals surface area contributed by atoms with E-state index in [0.717, 1.165) is 30.8 Å². The van der Waals surface area contributed by atoms with Gasteiger partial charge in [-0.15, -0.1) is 10.2 Å². The number of hydrogen-bond donors (Lipinski definition) is 1. The first kappa shape index (κ1) is 14.3. The molecule has 0 radical (unpaired) electrons. The first-order valence-corrected chi connectivity index (χ1v) is 8.26. The molecule has 0 spiro atoms. The summed E-state index contributed by atoms with van der Waals surface area (Å²) in [6, 6.07) is 2.25. The van der Waals surface area contributed by atoms with E-state index in [-0.39, 0.29) is 11.6 Å². The molecule has 0 amide bonds. The molecule has 0 saturated carbocycles. The number of hydrogen-bond acceptors (Lipinski definition) is 5. The van der Waals surface area contributed by atoms with Gasteiger partial charge in [-0.2, -0.15) is 0 Å². The molecule has 0 aliphatic heterocycles. The second kappa shape index (κ2) is 5.60. The predicted molar refractivity (Wildman–Crippen MR) is 86.2 cm³/mol. The monoisotopic (exact) mass is 304 g/mol. The van der Waals surface area contributed by atoms with Gasteiger partial charge in [0.2, 0.25) is 5.13 Å². The molecule has 1 N–H and O–H groups in total. The van der Waals surface area contributed by atoms with Crippen LogP contribution in [-0.2, 0) is 12.8 Å². The molecule has 1 unspecified atom stereocenters. The zero-order valence-corrected chi connectivity index (χ0v) is 13.5. The van der Waals surface area contributed by atoms with Gasteiger partial charge in [-0.25, -0.2) is 0 Å². The van der Waals surface area contributed by atoms with E-state index in [0.29, 0.717) is 10.6 Å². The van der Waals surface area contributed by atoms with Gasteiger partial charge in [0, 0.05) is 18.8 Å². The highest BCUT2D eigenvalue weighted by atomic mass is 32.1. The molecule has 1 atom stereocenters. The Morgan fingerprint density at radius 3 is 2.90 bits per heavy atom. The molecule has 0 bridgehead atoms. The number of nitrogens with zero attached hydrogens (tertiary/aromatic N) is 3. The summed E-state index contributed by atoms with van der Waals surface area (Å²) in [4.78, 5) is 12.9. The van der Waals surface area contributed by atoms with Crippen molar-refractivity contribution in [3.8, 4) is 10.6 Å². The van der Waals surface area contributed by atoms with Crippen molar-refractivity contribution in [1.82, 2.24) is 14.8 Å². The third-order valence-electron chi connectivity index (χ3n) is 4.19. The molecule has 6 heteroatoms. The molecular formula is C15H20N4OS. The zero-order chi connectivity index (χ0) is 15.0. The fraction of sp³-hybridized carbons (Fsp3) is 0.533. The predicted octanol–water partition coefficient (Wildman–Crippen LogP) is 2.87. The molecule has 0 aromatic carbocycles. The number of rotatable bonds is 4. The Kier molecular flexibility index (Phi) is 3.80. The number of nitrogens with one attached hydrogen (secondary N) is 1. The lowest BCUT2D eigenvalue weighted by atomic mass is 10.1. The maximum Gasteiger partial charge on any atom is 0.261 e. The van der Waals surface area contributed by atoms with Gasteiger partial charge in [0.25, 0.3) is 5.56 Å². The van der Waals surface area contributed by atoms with Gasteiger partial charge in [0.05, 0.1) is 5.56 Å². The molecule has 112 valence electrons. The smallest absolute Gasteiger partial charge is 0.261 e. The summed E-state index contributed by atoms with van der Waals surface area (Å²) in [5.41, 5.74) is 3.28. The van der Waals surface area contributed by atoms with E-state index in [1.165, 1.54) is 22.6 Å². The van der Waals surface area contributed by atoms with Gasteiger partial charge < -0.3 is 9.88 Å². The summed E-state index contributed by atoms with van der Waals surface area (Å²) in [7, 11) is 1.81. The lowest BCUT2D eigenvalue weighted by Gasteiger charge is -2.19. The fourth-order valence-corrected chi connectivity index (χ4v) is 3.61. The van der Waals surface area contributed by atoms with Crippen molar-refractivity contribution < 1.29 is 0 Å². The van der Waals surface area contributed by atoms with Gasteiger partial charge in [0.15, 0.2) is 5.01 Å². The van der Waals surface area contributed by atoms with E-state index >= 15 is 0 Å². The second-order valence-electron chi connectivity index (χ2n) is 5.48. The third-order valence-corrected chi connectivity index (χ3v) is 5.16. The summed E-state index contributed by atoms with van der Waals surface area (Å²) < 4.78 is 1.98. The fourth-order valence-electron chi connectivity index (χ4n) is 2.91. The first-order valence-electron chi connectivity index (χ1n) is 7.44. The molecule has 0 fully saturated rings. The number of aryl methyl sites for hydroxylation is 1. The minimum Gasteiger partial charge on any atom is -0.363 e. The molecule has 2 aromatic rings. The molecule has 2 aromatic heterocycles. The van der Waals surface area contributed by atoms with Gasteiger partial charge in [-0.1, -0.05) is 18.3 Å². The molecule has 1 aliphatic carbocycles. The average Bonchev–Trinajstić information content (AvgIpc) is 3.14. The Bertz CT molecular complexity index is 719. The highest BCUT2D eigenvalue weighted by molar-refractivity contribution is 7.18. The van der Waals surface area contributed by atoms with Crippen molar-refractivity contribution >= 4 is 16.5 Å². The summed E-state index contributed by atoms with van der Waals surface area (Å²) in [5, 5.41) is 12.6. The Morgan fingerprint density at radius 1 is 1.43 bits per heavy atom.